The van der Waals surface area contributed by atoms with E-state index in [9.17, 15) is 14.4 Å². The van der Waals surface area contributed by atoms with Crippen LogP contribution in [0.15, 0.2) is 48.5 Å². The number of carbonyl (C=O) groups excluding carboxylic acids is 3. The first-order valence-electron chi connectivity index (χ1n) is 9.47. The summed E-state index contributed by atoms with van der Waals surface area (Å²) in [6, 6.07) is 15.0. The third-order valence-corrected chi connectivity index (χ3v) is 5.36. The molecule has 0 bridgehead atoms. The first kappa shape index (κ1) is 20.9. The van der Waals surface area contributed by atoms with Crippen LogP contribution in [-0.2, 0) is 25.5 Å². The number of hydrogen-bond acceptors (Lipinski definition) is 4. The van der Waals surface area contributed by atoms with Gasteiger partial charge >= 0.3 is 5.97 Å². The molecule has 3 rings (SSSR count). The van der Waals surface area contributed by atoms with E-state index >= 15 is 0 Å². The average molecular weight is 415 g/mol. The minimum atomic E-state index is -0.543. The number of carbonyl (C=O) groups is 3. The van der Waals surface area contributed by atoms with Crippen molar-refractivity contribution in [1.29, 1.82) is 0 Å². The standard InChI is InChI=1S/C22H23ClN2O4/c1-15-18(23)8-5-9-19(15)24-20(26)14-29-22(28)17-12-21(27)25(13-17)11-10-16-6-3-2-4-7-16/h2-9,17H,10-14H2,1H3,(H,24,26)/t17-/m1/s1. The Bertz CT molecular complexity index is 901. The highest BCUT2D eigenvalue weighted by molar-refractivity contribution is 6.31. The Morgan fingerprint density at radius 3 is 2.69 bits per heavy atom. The lowest BCUT2D eigenvalue weighted by molar-refractivity contribution is -0.151. The Balaban J connectivity index is 1.45. The van der Waals surface area contributed by atoms with Gasteiger partial charge in [0, 0.05) is 30.2 Å². The summed E-state index contributed by atoms with van der Waals surface area (Å²) < 4.78 is 5.13. The monoisotopic (exact) mass is 414 g/mol. The van der Waals surface area contributed by atoms with Gasteiger partial charge in [-0.2, -0.15) is 0 Å². The Kier molecular flexibility index (Phi) is 6.88. The molecule has 1 aliphatic rings. The topological polar surface area (TPSA) is 75.7 Å². The summed E-state index contributed by atoms with van der Waals surface area (Å²) in [4.78, 5) is 38.2. The molecule has 0 radical (unpaired) electrons. The molecular formula is C22H23ClN2O4. The lowest BCUT2D eigenvalue weighted by Gasteiger charge is -2.16. The van der Waals surface area contributed by atoms with E-state index in [1.807, 2.05) is 30.3 Å². The molecule has 0 saturated carbocycles. The van der Waals surface area contributed by atoms with E-state index in [4.69, 9.17) is 16.3 Å². The molecule has 0 unspecified atom stereocenters. The first-order chi connectivity index (χ1) is 13.9. The van der Waals surface area contributed by atoms with Crippen LogP contribution in [0.1, 0.15) is 17.5 Å². The molecule has 6 nitrogen and oxygen atoms in total. The predicted octanol–water partition coefficient (Wildman–Crippen LogP) is 3.22. The fourth-order valence-corrected chi connectivity index (χ4v) is 3.41. The van der Waals surface area contributed by atoms with Crippen LogP contribution >= 0.6 is 11.6 Å². The van der Waals surface area contributed by atoms with Crippen molar-refractivity contribution in [3.63, 3.8) is 0 Å². The van der Waals surface area contributed by atoms with Gasteiger partial charge in [0.05, 0.1) is 5.92 Å². The lowest BCUT2D eigenvalue weighted by Crippen LogP contribution is -2.29. The van der Waals surface area contributed by atoms with Gasteiger partial charge in [-0.05, 0) is 36.6 Å². The van der Waals surface area contributed by atoms with Gasteiger partial charge < -0.3 is 15.0 Å². The molecule has 1 fully saturated rings. The fraction of sp³-hybridized carbons (Fsp3) is 0.318. The molecule has 29 heavy (non-hydrogen) atoms. The second-order valence-corrected chi connectivity index (χ2v) is 7.45. The van der Waals surface area contributed by atoms with Gasteiger partial charge in [0.1, 0.15) is 0 Å². The molecule has 2 aromatic carbocycles. The van der Waals surface area contributed by atoms with E-state index in [1.54, 1.807) is 30.0 Å². The maximum Gasteiger partial charge on any atom is 0.311 e. The minimum absolute atomic E-state index is 0.0677. The number of benzene rings is 2. The third kappa shape index (κ3) is 5.57. The van der Waals surface area contributed by atoms with Gasteiger partial charge in [-0.3, -0.25) is 14.4 Å². The number of likely N-dealkylation sites (tertiary alicyclic amines) is 1. The molecule has 2 amide bonds. The Labute approximate surface area is 174 Å². The van der Waals surface area contributed by atoms with Crippen LogP contribution in [0.5, 0.6) is 0 Å². The van der Waals surface area contributed by atoms with Gasteiger partial charge in [0.2, 0.25) is 5.91 Å². The largest absolute Gasteiger partial charge is 0.455 e. The number of nitrogens with one attached hydrogen (secondary N) is 1. The van der Waals surface area contributed by atoms with Crippen molar-refractivity contribution in [3.8, 4) is 0 Å². The van der Waals surface area contributed by atoms with Crippen LogP contribution in [0.2, 0.25) is 5.02 Å². The third-order valence-electron chi connectivity index (χ3n) is 4.95. The van der Waals surface area contributed by atoms with Crippen LogP contribution in [-0.4, -0.2) is 42.4 Å². The highest BCUT2D eigenvalue weighted by Crippen LogP contribution is 2.23. The SMILES string of the molecule is Cc1c(Cl)cccc1NC(=O)COC(=O)[C@@H]1CC(=O)N(CCc2ccccc2)C1. The van der Waals surface area contributed by atoms with Crippen molar-refractivity contribution >= 4 is 35.1 Å². The van der Waals surface area contributed by atoms with Crippen molar-refractivity contribution in [1.82, 2.24) is 4.90 Å². The molecule has 0 aromatic heterocycles. The molecule has 1 N–H and O–H groups in total. The van der Waals surface area contributed by atoms with Crippen LogP contribution in [0.3, 0.4) is 0 Å². The van der Waals surface area contributed by atoms with Crippen molar-refractivity contribution in [2.45, 2.75) is 19.8 Å². The molecule has 1 heterocycles. The van der Waals surface area contributed by atoms with Crippen LogP contribution in [0.4, 0.5) is 5.69 Å². The average Bonchev–Trinajstić information content (AvgIpc) is 3.09. The van der Waals surface area contributed by atoms with Gasteiger partial charge in [-0.15, -0.1) is 0 Å². The summed E-state index contributed by atoms with van der Waals surface area (Å²) in [6.45, 7) is 2.26. The van der Waals surface area contributed by atoms with Crippen molar-refractivity contribution in [3.05, 3.63) is 64.7 Å². The minimum Gasteiger partial charge on any atom is -0.455 e. The smallest absolute Gasteiger partial charge is 0.311 e. The molecule has 1 aliphatic heterocycles. The number of ether oxygens (including phenoxy) is 1. The number of amides is 2. The molecule has 0 aliphatic carbocycles. The van der Waals surface area contributed by atoms with Crippen molar-refractivity contribution < 1.29 is 19.1 Å². The maximum absolute atomic E-state index is 12.3. The van der Waals surface area contributed by atoms with Crippen LogP contribution in [0, 0.1) is 12.8 Å². The van der Waals surface area contributed by atoms with Crippen LogP contribution in [0.25, 0.3) is 0 Å². The summed E-state index contributed by atoms with van der Waals surface area (Å²) in [6.07, 6.45) is 0.846. The quantitative estimate of drug-likeness (QED) is 0.706. The highest BCUT2D eigenvalue weighted by Gasteiger charge is 2.35. The van der Waals surface area contributed by atoms with Crippen molar-refractivity contribution in [2.24, 2.45) is 5.92 Å². The number of esters is 1. The zero-order valence-corrected chi connectivity index (χ0v) is 16.9. The molecule has 152 valence electrons. The Morgan fingerprint density at radius 2 is 1.93 bits per heavy atom. The van der Waals surface area contributed by atoms with Gasteiger partial charge in [0.25, 0.3) is 5.91 Å². The molecule has 7 heteroatoms. The Morgan fingerprint density at radius 1 is 1.17 bits per heavy atom. The molecule has 1 saturated heterocycles. The van der Waals surface area contributed by atoms with E-state index in [2.05, 4.69) is 5.32 Å². The molecular weight excluding hydrogens is 392 g/mol. The summed E-state index contributed by atoms with van der Waals surface area (Å²) in [5, 5.41) is 3.22. The van der Waals surface area contributed by atoms with E-state index in [1.165, 1.54) is 0 Å². The maximum atomic E-state index is 12.3. The fourth-order valence-electron chi connectivity index (χ4n) is 3.24. The normalized spacial score (nSPS) is 16.0. The van der Waals surface area contributed by atoms with Crippen molar-refractivity contribution in [2.75, 3.05) is 25.0 Å². The van der Waals surface area contributed by atoms with Gasteiger partial charge in [-0.1, -0.05) is 48.0 Å². The Hall–Kier alpha value is -2.86. The summed E-state index contributed by atoms with van der Waals surface area (Å²) in [7, 11) is 0. The van der Waals surface area contributed by atoms with E-state index < -0.39 is 24.4 Å². The highest BCUT2D eigenvalue weighted by atomic mass is 35.5. The number of halogens is 1. The van der Waals surface area contributed by atoms with E-state index in [0.717, 1.165) is 17.5 Å². The summed E-state index contributed by atoms with van der Waals surface area (Å²) in [5.41, 5.74) is 2.45. The predicted molar refractivity (Wildman–Crippen MR) is 111 cm³/mol. The van der Waals surface area contributed by atoms with Crippen LogP contribution < -0.4 is 5.32 Å². The zero-order valence-electron chi connectivity index (χ0n) is 16.2. The van der Waals surface area contributed by atoms with Gasteiger partial charge in [0.15, 0.2) is 6.61 Å². The summed E-state index contributed by atoms with van der Waals surface area (Å²) >= 11 is 6.03. The molecule has 0 spiro atoms. The molecule has 2 aromatic rings. The summed E-state index contributed by atoms with van der Waals surface area (Å²) in [5.74, 6) is -1.59. The number of hydrogen-bond donors (Lipinski definition) is 1. The lowest BCUT2D eigenvalue weighted by atomic mass is 10.1. The second-order valence-electron chi connectivity index (χ2n) is 7.04. The first-order valence-corrected chi connectivity index (χ1v) is 9.85. The second kappa shape index (κ2) is 9.56. The van der Waals surface area contributed by atoms with E-state index in [0.29, 0.717) is 23.8 Å². The zero-order chi connectivity index (χ0) is 20.8. The molecule has 1 atom stereocenters. The number of rotatable bonds is 7. The number of nitrogens with zero attached hydrogens (tertiary/aromatic N) is 1. The van der Waals surface area contributed by atoms with Gasteiger partial charge in [-0.25, -0.2) is 0 Å². The van der Waals surface area contributed by atoms with E-state index in [-0.39, 0.29) is 12.3 Å². The number of anilines is 1.